The van der Waals surface area contributed by atoms with E-state index < -0.39 is 0 Å². The number of thiazole rings is 1. The summed E-state index contributed by atoms with van der Waals surface area (Å²) < 4.78 is 0. The molecule has 1 aliphatic rings. The van der Waals surface area contributed by atoms with Gasteiger partial charge in [0.05, 0.1) is 12.6 Å². The summed E-state index contributed by atoms with van der Waals surface area (Å²) in [5.41, 5.74) is 1.04. The summed E-state index contributed by atoms with van der Waals surface area (Å²) in [4.78, 5) is 18.7. The van der Waals surface area contributed by atoms with Gasteiger partial charge in [0.2, 0.25) is 5.91 Å². The molecule has 0 saturated carbocycles. The summed E-state index contributed by atoms with van der Waals surface area (Å²) in [5.74, 6) is 0.238. The van der Waals surface area contributed by atoms with Gasteiger partial charge in [-0.15, -0.1) is 11.3 Å². The molecule has 2 heterocycles. The van der Waals surface area contributed by atoms with Crippen molar-refractivity contribution in [3.8, 4) is 0 Å². The highest BCUT2D eigenvalue weighted by Crippen LogP contribution is 2.17. The normalized spacial score (nSPS) is 20.4. The third kappa shape index (κ3) is 3.29. The van der Waals surface area contributed by atoms with Crippen LogP contribution in [0.2, 0.25) is 0 Å². The van der Waals surface area contributed by atoms with Gasteiger partial charge < -0.3 is 10.2 Å². The molecule has 0 aliphatic carbocycles. The number of carbonyl (C=O) groups excluding carboxylic acids is 1. The van der Waals surface area contributed by atoms with E-state index in [2.05, 4.69) is 17.2 Å². The molecule has 5 heteroatoms. The first kappa shape index (κ1) is 13.5. The molecule has 18 heavy (non-hydrogen) atoms. The van der Waals surface area contributed by atoms with E-state index in [1.54, 1.807) is 11.3 Å². The van der Waals surface area contributed by atoms with Crippen LogP contribution in [0.15, 0.2) is 5.38 Å². The van der Waals surface area contributed by atoms with E-state index in [1.807, 2.05) is 17.2 Å². The number of likely N-dealkylation sites (tertiary alicyclic amines) is 1. The Bertz CT molecular complexity index is 405. The third-order valence-electron chi connectivity index (χ3n) is 3.16. The first-order valence-electron chi connectivity index (χ1n) is 6.64. The number of aromatic nitrogens is 1. The lowest BCUT2D eigenvalue weighted by atomic mass is 10.0. The molecule has 1 atom stereocenters. The first-order chi connectivity index (χ1) is 8.70. The van der Waals surface area contributed by atoms with Crippen LogP contribution in [0.4, 0.5) is 0 Å². The van der Waals surface area contributed by atoms with Crippen LogP contribution in [0.5, 0.6) is 0 Å². The molecule has 0 spiro atoms. The van der Waals surface area contributed by atoms with E-state index in [-0.39, 0.29) is 11.9 Å². The number of hydrogen-bond donors (Lipinski definition) is 1. The van der Waals surface area contributed by atoms with E-state index in [9.17, 15) is 4.79 Å². The highest BCUT2D eigenvalue weighted by molar-refractivity contribution is 7.09. The average Bonchev–Trinajstić information content (AvgIpc) is 2.76. The summed E-state index contributed by atoms with van der Waals surface area (Å²) >= 11 is 1.64. The summed E-state index contributed by atoms with van der Waals surface area (Å²) in [6, 6.07) is 0.0137. The van der Waals surface area contributed by atoms with Crippen LogP contribution in [0.3, 0.4) is 0 Å². The molecular weight excluding hydrogens is 246 g/mol. The van der Waals surface area contributed by atoms with Crippen molar-refractivity contribution in [2.24, 2.45) is 0 Å². The van der Waals surface area contributed by atoms with Crippen molar-refractivity contribution in [2.45, 2.75) is 45.7 Å². The zero-order valence-electron chi connectivity index (χ0n) is 11.1. The maximum atomic E-state index is 12.3. The number of piperidine rings is 1. The predicted octanol–water partition coefficient (Wildman–Crippen LogP) is 1.94. The molecule has 1 unspecified atom stereocenters. The Labute approximate surface area is 112 Å². The minimum Gasteiger partial charge on any atom is -0.335 e. The summed E-state index contributed by atoms with van der Waals surface area (Å²) in [6.45, 7) is 6.56. The SMILES string of the molecule is CCCNC1CCCN(Cc2nc(C)cs2)C1=O. The van der Waals surface area contributed by atoms with E-state index in [1.165, 1.54) is 0 Å². The fourth-order valence-corrected chi connectivity index (χ4v) is 3.03. The lowest BCUT2D eigenvalue weighted by molar-refractivity contribution is -0.136. The second-order valence-corrected chi connectivity index (χ2v) is 5.73. The Morgan fingerprint density at radius 3 is 3.11 bits per heavy atom. The number of rotatable bonds is 5. The Kier molecular flexibility index (Phi) is 4.72. The molecule has 0 bridgehead atoms. The van der Waals surface area contributed by atoms with E-state index in [0.717, 1.165) is 43.1 Å². The maximum Gasteiger partial charge on any atom is 0.240 e. The Morgan fingerprint density at radius 1 is 1.61 bits per heavy atom. The quantitative estimate of drug-likeness (QED) is 0.887. The minimum absolute atomic E-state index is 0.0137. The van der Waals surface area contributed by atoms with Crippen LogP contribution in [0.25, 0.3) is 0 Å². The largest absolute Gasteiger partial charge is 0.335 e. The predicted molar refractivity (Wildman–Crippen MR) is 73.6 cm³/mol. The monoisotopic (exact) mass is 267 g/mol. The molecule has 1 aromatic heterocycles. The van der Waals surface area contributed by atoms with Crippen molar-refractivity contribution < 1.29 is 4.79 Å². The fourth-order valence-electron chi connectivity index (χ4n) is 2.24. The second kappa shape index (κ2) is 6.29. The van der Waals surface area contributed by atoms with Gasteiger partial charge in [-0.05, 0) is 32.7 Å². The van der Waals surface area contributed by atoms with Gasteiger partial charge in [-0.25, -0.2) is 4.98 Å². The second-order valence-electron chi connectivity index (χ2n) is 4.79. The van der Waals surface area contributed by atoms with E-state index in [0.29, 0.717) is 6.54 Å². The molecule has 2 rings (SSSR count). The summed E-state index contributed by atoms with van der Waals surface area (Å²) in [5, 5.41) is 6.41. The van der Waals surface area contributed by atoms with Crippen LogP contribution in [0.1, 0.15) is 36.9 Å². The van der Waals surface area contributed by atoms with E-state index >= 15 is 0 Å². The number of hydrogen-bond acceptors (Lipinski definition) is 4. The van der Waals surface area contributed by atoms with Gasteiger partial charge >= 0.3 is 0 Å². The van der Waals surface area contributed by atoms with Crippen LogP contribution in [-0.4, -0.2) is 34.9 Å². The molecule has 0 aromatic carbocycles. The summed E-state index contributed by atoms with van der Waals surface area (Å²) in [6.07, 6.45) is 3.11. The summed E-state index contributed by atoms with van der Waals surface area (Å²) in [7, 11) is 0. The molecule has 1 fully saturated rings. The Morgan fingerprint density at radius 2 is 2.44 bits per heavy atom. The van der Waals surface area contributed by atoms with Crippen LogP contribution in [0, 0.1) is 6.92 Å². The van der Waals surface area contributed by atoms with Crippen molar-refractivity contribution in [2.75, 3.05) is 13.1 Å². The van der Waals surface area contributed by atoms with Gasteiger partial charge in [-0.3, -0.25) is 4.79 Å². The van der Waals surface area contributed by atoms with E-state index in [4.69, 9.17) is 0 Å². The van der Waals surface area contributed by atoms with Gasteiger partial charge in [0, 0.05) is 17.6 Å². The van der Waals surface area contributed by atoms with Gasteiger partial charge in [0.25, 0.3) is 0 Å². The van der Waals surface area contributed by atoms with Crippen LogP contribution in [-0.2, 0) is 11.3 Å². The van der Waals surface area contributed by atoms with Crippen molar-refractivity contribution >= 4 is 17.2 Å². The molecule has 100 valence electrons. The highest BCUT2D eigenvalue weighted by Gasteiger charge is 2.28. The molecule has 1 N–H and O–H groups in total. The van der Waals surface area contributed by atoms with Crippen molar-refractivity contribution in [1.29, 1.82) is 0 Å². The number of carbonyl (C=O) groups is 1. The number of nitrogens with one attached hydrogen (secondary N) is 1. The minimum atomic E-state index is 0.0137. The first-order valence-corrected chi connectivity index (χ1v) is 7.52. The zero-order chi connectivity index (χ0) is 13.0. The molecule has 1 aromatic rings. The molecule has 1 aliphatic heterocycles. The third-order valence-corrected chi connectivity index (χ3v) is 4.12. The lowest BCUT2D eigenvalue weighted by Crippen LogP contribution is -2.50. The molecule has 1 saturated heterocycles. The maximum absolute atomic E-state index is 12.3. The topological polar surface area (TPSA) is 45.2 Å². The van der Waals surface area contributed by atoms with Crippen LogP contribution >= 0.6 is 11.3 Å². The smallest absolute Gasteiger partial charge is 0.240 e. The molecule has 4 nitrogen and oxygen atoms in total. The number of nitrogens with zero attached hydrogens (tertiary/aromatic N) is 2. The zero-order valence-corrected chi connectivity index (χ0v) is 11.9. The average molecular weight is 267 g/mol. The van der Waals surface area contributed by atoms with Crippen molar-refractivity contribution in [3.63, 3.8) is 0 Å². The van der Waals surface area contributed by atoms with Gasteiger partial charge in [0.15, 0.2) is 0 Å². The number of aryl methyl sites for hydroxylation is 1. The Hall–Kier alpha value is -0.940. The lowest BCUT2D eigenvalue weighted by Gasteiger charge is -2.32. The molecular formula is C13H21N3OS. The standard InChI is InChI=1S/C13H21N3OS/c1-3-6-14-11-5-4-7-16(13(11)17)8-12-15-10(2)9-18-12/h9,11,14H,3-8H2,1-2H3. The van der Waals surface area contributed by atoms with Crippen LogP contribution < -0.4 is 5.32 Å². The van der Waals surface area contributed by atoms with Gasteiger partial charge in [-0.1, -0.05) is 6.92 Å². The number of amides is 1. The van der Waals surface area contributed by atoms with Gasteiger partial charge in [0.1, 0.15) is 5.01 Å². The fraction of sp³-hybridized carbons (Fsp3) is 0.692. The Balaban J connectivity index is 1.93. The highest BCUT2D eigenvalue weighted by atomic mass is 32.1. The van der Waals surface area contributed by atoms with Gasteiger partial charge in [-0.2, -0.15) is 0 Å². The van der Waals surface area contributed by atoms with Crippen molar-refractivity contribution in [3.05, 3.63) is 16.1 Å². The molecule has 0 radical (unpaired) electrons. The molecule has 1 amide bonds. The van der Waals surface area contributed by atoms with Crippen molar-refractivity contribution in [1.82, 2.24) is 15.2 Å².